The first kappa shape index (κ1) is 27.5. The number of benzene rings is 2. The minimum atomic E-state index is -1.26. The molecular weight excluding hydrogens is 529 g/mol. The molecule has 4 amide bonds. The van der Waals surface area contributed by atoms with Crippen molar-refractivity contribution >= 4 is 29.2 Å². The maximum Gasteiger partial charge on any atom is 0.321 e. The fraction of sp³-hybridized carbons (Fsp3) is 0.500. The van der Waals surface area contributed by atoms with E-state index in [0.29, 0.717) is 38.2 Å². The molecule has 6 rings (SSSR count). The summed E-state index contributed by atoms with van der Waals surface area (Å²) < 4.78 is 21.1. The normalized spacial score (nSPS) is 24.3. The molecule has 2 aromatic rings. The lowest BCUT2D eigenvalue weighted by atomic mass is 10.0. The quantitative estimate of drug-likeness (QED) is 0.574. The third-order valence-electron chi connectivity index (χ3n) is 8.58. The van der Waals surface area contributed by atoms with Crippen LogP contribution in [0.15, 0.2) is 36.4 Å². The van der Waals surface area contributed by atoms with E-state index in [1.165, 1.54) is 17.0 Å². The molecule has 0 spiro atoms. The second-order valence-corrected chi connectivity index (χ2v) is 11.6. The summed E-state index contributed by atoms with van der Waals surface area (Å²) >= 11 is 0. The zero-order valence-electron chi connectivity index (χ0n) is 23.4. The van der Waals surface area contributed by atoms with Gasteiger partial charge in [-0.3, -0.25) is 14.5 Å². The van der Waals surface area contributed by atoms with Crippen molar-refractivity contribution in [3.05, 3.63) is 58.9 Å². The van der Waals surface area contributed by atoms with Crippen LogP contribution in [0.2, 0.25) is 0 Å². The van der Waals surface area contributed by atoms with E-state index in [-0.39, 0.29) is 47.6 Å². The van der Waals surface area contributed by atoms with E-state index in [0.717, 1.165) is 24.8 Å². The van der Waals surface area contributed by atoms with Crippen molar-refractivity contribution in [3.8, 4) is 0 Å². The zero-order valence-corrected chi connectivity index (χ0v) is 23.4. The molecule has 0 bridgehead atoms. The van der Waals surface area contributed by atoms with E-state index in [4.69, 9.17) is 4.74 Å². The summed E-state index contributed by atoms with van der Waals surface area (Å²) in [6, 6.07) is 9.24. The van der Waals surface area contributed by atoms with Gasteiger partial charge in [0.2, 0.25) is 6.35 Å². The molecule has 0 aliphatic carbocycles. The van der Waals surface area contributed by atoms with Crippen molar-refractivity contribution < 1.29 is 28.6 Å². The van der Waals surface area contributed by atoms with Crippen LogP contribution in [0.4, 0.5) is 20.6 Å². The molecule has 2 fully saturated rings. The predicted molar refractivity (Wildman–Crippen MR) is 150 cm³/mol. The molecule has 4 aliphatic rings. The number of nitrogens with zero attached hydrogens (tertiary/aromatic N) is 4. The third-order valence-corrected chi connectivity index (χ3v) is 8.58. The van der Waals surface area contributed by atoms with Gasteiger partial charge in [0.1, 0.15) is 5.82 Å². The number of aliphatic hydroxyl groups excluding tert-OH is 1. The minimum Gasteiger partial charge on any atom is -0.376 e. The van der Waals surface area contributed by atoms with Crippen molar-refractivity contribution in [3.63, 3.8) is 0 Å². The lowest BCUT2D eigenvalue weighted by Crippen LogP contribution is -2.59. The number of hydrogen-bond donors (Lipinski definition) is 2. The van der Waals surface area contributed by atoms with E-state index < -0.39 is 24.1 Å². The highest BCUT2D eigenvalue weighted by molar-refractivity contribution is 6.04. The molecule has 10 nitrogen and oxygen atoms in total. The van der Waals surface area contributed by atoms with Gasteiger partial charge in [-0.05, 0) is 57.2 Å². The number of ether oxygens (including phenoxy) is 1. The number of anilines is 2. The van der Waals surface area contributed by atoms with Crippen LogP contribution in [0.1, 0.15) is 65.8 Å². The van der Waals surface area contributed by atoms with Crippen LogP contribution in [0.25, 0.3) is 0 Å². The molecule has 4 heterocycles. The Morgan fingerprint density at radius 1 is 1.12 bits per heavy atom. The summed E-state index contributed by atoms with van der Waals surface area (Å²) in [5.41, 5.74) is 2.06. The Morgan fingerprint density at radius 2 is 1.93 bits per heavy atom. The molecule has 218 valence electrons. The standard InChI is InChI=1S/C30H36FN5O5/c1-18(2)36-26-14-24(31)25(13-23(26)28(38)35(30(36)40)17-21-9-6-12-41-21)32-29(39)33-11-5-8-20(16-33)34-15-19-7-3-4-10-22(19)27(34)37/h3-4,7,10,13-14,18,20-21,30,40H,5-6,8-9,11-12,15-17H2,1-2H3,(H,32,39)/t20-,21+,30?/m1/s1. The van der Waals surface area contributed by atoms with E-state index in [1.807, 2.05) is 43.0 Å². The van der Waals surface area contributed by atoms with Crippen molar-refractivity contribution in [1.82, 2.24) is 14.7 Å². The molecule has 4 aliphatic heterocycles. The lowest BCUT2D eigenvalue weighted by Gasteiger charge is -2.45. The Bertz CT molecular complexity index is 1360. The largest absolute Gasteiger partial charge is 0.376 e. The fourth-order valence-corrected chi connectivity index (χ4v) is 6.47. The average molecular weight is 566 g/mol. The van der Waals surface area contributed by atoms with E-state index in [1.54, 1.807) is 9.80 Å². The number of halogens is 1. The number of hydrogen-bond acceptors (Lipinski definition) is 6. The molecule has 3 atom stereocenters. The van der Waals surface area contributed by atoms with Gasteiger partial charge in [0.05, 0.1) is 35.6 Å². The maximum absolute atomic E-state index is 15.4. The number of nitrogens with one attached hydrogen (secondary N) is 1. The van der Waals surface area contributed by atoms with Gasteiger partial charge in [-0.1, -0.05) is 18.2 Å². The number of carbonyl (C=O) groups is 3. The number of piperidine rings is 1. The Balaban J connectivity index is 1.20. The van der Waals surface area contributed by atoms with Gasteiger partial charge < -0.3 is 29.9 Å². The number of carbonyl (C=O) groups excluding carboxylic acids is 3. The molecule has 2 N–H and O–H groups in total. The van der Waals surface area contributed by atoms with E-state index in [2.05, 4.69) is 5.32 Å². The van der Waals surface area contributed by atoms with Crippen LogP contribution in [-0.2, 0) is 11.3 Å². The Hall–Kier alpha value is -3.70. The van der Waals surface area contributed by atoms with Gasteiger partial charge in [-0.2, -0.15) is 0 Å². The third kappa shape index (κ3) is 5.01. The molecule has 0 saturated carbocycles. The number of aliphatic hydroxyl groups is 1. The molecule has 1 unspecified atom stereocenters. The fourth-order valence-electron chi connectivity index (χ4n) is 6.47. The molecule has 0 radical (unpaired) electrons. The van der Waals surface area contributed by atoms with Gasteiger partial charge in [0.25, 0.3) is 11.8 Å². The summed E-state index contributed by atoms with van der Waals surface area (Å²) in [5, 5.41) is 13.8. The summed E-state index contributed by atoms with van der Waals surface area (Å²) in [6.07, 6.45) is 1.74. The van der Waals surface area contributed by atoms with Crippen LogP contribution in [0.5, 0.6) is 0 Å². The number of rotatable bonds is 5. The Kier molecular flexibility index (Phi) is 7.33. The van der Waals surface area contributed by atoms with Crippen molar-refractivity contribution in [2.24, 2.45) is 0 Å². The number of urea groups is 1. The SMILES string of the molecule is CC(C)N1c2cc(F)c(NC(=O)N3CCC[C@@H](N4Cc5ccccc5C4=O)C3)cc2C(=O)N(C[C@@H]2CCCO2)C1O. The van der Waals surface area contributed by atoms with Crippen molar-refractivity contribution in [1.29, 1.82) is 0 Å². The number of fused-ring (bicyclic) bond motifs is 2. The summed E-state index contributed by atoms with van der Waals surface area (Å²) in [4.78, 5) is 46.2. The zero-order chi connectivity index (χ0) is 28.8. The first-order valence-corrected chi connectivity index (χ1v) is 14.4. The second kappa shape index (κ2) is 10.9. The van der Waals surface area contributed by atoms with Gasteiger partial charge in [0, 0.05) is 43.9 Å². The van der Waals surface area contributed by atoms with Crippen LogP contribution >= 0.6 is 0 Å². The number of amides is 4. The van der Waals surface area contributed by atoms with Gasteiger partial charge in [-0.25, -0.2) is 9.18 Å². The number of likely N-dealkylation sites (tertiary alicyclic amines) is 1. The molecule has 2 aromatic carbocycles. The summed E-state index contributed by atoms with van der Waals surface area (Å²) in [7, 11) is 0. The molecule has 0 aromatic heterocycles. The first-order valence-electron chi connectivity index (χ1n) is 14.4. The van der Waals surface area contributed by atoms with Crippen molar-refractivity contribution in [2.75, 3.05) is 36.5 Å². The predicted octanol–water partition coefficient (Wildman–Crippen LogP) is 3.60. The highest BCUT2D eigenvalue weighted by atomic mass is 19.1. The molecular formula is C30H36FN5O5. The van der Waals surface area contributed by atoms with Gasteiger partial charge in [0.15, 0.2) is 0 Å². The molecule has 2 saturated heterocycles. The average Bonchev–Trinajstić information content (AvgIpc) is 3.60. The van der Waals surface area contributed by atoms with Crippen LogP contribution in [0.3, 0.4) is 0 Å². The monoisotopic (exact) mass is 565 g/mol. The van der Waals surface area contributed by atoms with Gasteiger partial charge >= 0.3 is 6.03 Å². The van der Waals surface area contributed by atoms with Crippen LogP contribution in [0, 0.1) is 5.82 Å². The maximum atomic E-state index is 15.4. The first-order chi connectivity index (χ1) is 19.7. The van der Waals surface area contributed by atoms with Crippen LogP contribution in [-0.4, -0.2) is 88.4 Å². The highest BCUT2D eigenvalue weighted by Crippen LogP contribution is 2.36. The summed E-state index contributed by atoms with van der Waals surface area (Å²) in [5.74, 6) is -1.17. The second-order valence-electron chi connectivity index (χ2n) is 11.6. The van der Waals surface area contributed by atoms with E-state index >= 15 is 4.39 Å². The minimum absolute atomic E-state index is 0.0310. The molecule has 11 heteroatoms. The van der Waals surface area contributed by atoms with Crippen LogP contribution < -0.4 is 10.2 Å². The summed E-state index contributed by atoms with van der Waals surface area (Å²) in [6.45, 7) is 5.87. The Labute approximate surface area is 238 Å². The lowest BCUT2D eigenvalue weighted by molar-refractivity contribution is -0.0242. The highest BCUT2D eigenvalue weighted by Gasteiger charge is 2.41. The Morgan fingerprint density at radius 3 is 2.66 bits per heavy atom. The smallest absolute Gasteiger partial charge is 0.321 e. The molecule has 41 heavy (non-hydrogen) atoms. The van der Waals surface area contributed by atoms with Gasteiger partial charge in [-0.15, -0.1) is 0 Å². The van der Waals surface area contributed by atoms with Crippen molar-refractivity contribution in [2.45, 2.75) is 70.6 Å². The van der Waals surface area contributed by atoms with E-state index in [9.17, 15) is 19.5 Å². The topological polar surface area (TPSA) is 106 Å².